The Hall–Kier alpha value is -2.43. The van der Waals surface area contributed by atoms with E-state index in [0.29, 0.717) is 19.0 Å². The Kier molecular flexibility index (Phi) is 4.65. The van der Waals surface area contributed by atoms with Gasteiger partial charge in [0.25, 0.3) is 0 Å². The molecule has 3 N–H and O–H groups in total. The SMILES string of the molecule is CCOc1ccc(OCC)c(Nc2cccnc2N)c1. The van der Waals surface area contributed by atoms with Crippen molar-refractivity contribution in [3.8, 4) is 11.5 Å². The third-order valence-corrected chi connectivity index (χ3v) is 2.67. The number of nitrogens with zero attached hydrogens (tertiary/aromatic N) is 1. The van der Waals surface area contributed by atoms with E-state index < -0.39 is 0 Å². The van der Waals surface area contributed by atoms with Crippen molar-refractivity contribution in [1.82, 2.24) is 4.98 Å². The zero-order valence-corrected chi connectivity index (χ0v) is 11.7. The number of nitrogens with one attached hydrogen (secondary N) is 1. The van der Waals surface area contributed by atoms with Crippen molar-refractivity contribution in [2.24, 2.45) is 0 Å². The summed E-state index contributed by atoms with van der Waals surface area (Å²) < 4.78 is 11.1. The highest BCUT2D eigenvalue weighted by atomic mass is 16.5. The fraction of sp³-hybridized carbons (Fsp3) is 0.267. The van der Waals surface area contributed by atoms with Gasteiger partial charge >= 0.3 is 0 Å². The van der Waals surface area contributed by atoms with Gasteiger partial charge in [-0.3, -0.25) is 0 Å². The maximum atomic E-state index is 5.84. The van der Waals surface area contributed by atoms with E-state index in [9.17, 15) is 0 Å². The number of pyridine rings is 1. The van der Waals surface area contributed by atoms with E-state index in [0.717, 1.165) is 22.9 Å². The molecule has 0 amide bonds. The molecule has 0 atom stereocenters. The molecule has 2 aromatic rings. The monoisotopic (exact) mass is 273 g/mol. The van der Waals surface area contributed by atoms with Crippen LogP contribution in [0.5, 0.6) is 11.5 Å². The van der Waals surface area contributed by atoms with E-state index in [1.54, 1.807) is 6.20 Å². The first-order chi connectivity index (χ1) is 9.74. The number of hydrogen-bond acceptors (Lipinski definition) is 5. The molecule has 20 heavy (non-hydrogen) atoms. The van der Waals surface area contributed by atoms with Crippen LogP contribution in [0.2, 0.25) is 0 Å². The summed E-state index contributed by atoms with van der Waals surface area (Å²) in [5.41, 5.74) is 7.38. The number of hydrogen-bond donors (Lipinski definition) is 2. The molecular formula is C15H19N3O2. The minimum absolute atomic E-state index is 0.441. The Morgan fingerprint density at radius 2 is 1.90 bits per heavy atom. The average molecular weight is 273 g/mol. The Bertz CT molecular complexity index is 573. The number of anilines is 3. The van der Waals surface area contributed by atoms with Gasteiger partial charge < -0.3 is 20.5 Å². The standard InChI is InChI=1S/C15H19N3O2/c1-3-19-11-7-8-14(20-4-2)13(10-11)18-12-6-5-9-17-15(12)16/h5-10,18H,3-4H2,1-2H3,(H2,16,17). The van der Waals surface area contributed by atoms with Gasteiger partial charge in [0.2, 0.25) is 0 Å². The second-order valence-electron chi connectivity index (χ2n) is 4.09. The second-order valence-corrected chi connectivity index (χ2v) is 4.09. The van der Waals surface area contributed by atoms with Crippen molar-refractivity contribution in [3.63, 3.8) is 0 Å². The van der Waals surface area contributed by atoms with Gasteiger partial charge in [0.15, 0.2) is 0 Å². The summed E-state index contributed by atoms with van der Waals surface area (Å²) in [6.07, 6.45) is 1.65. The molecule has 5 nitrogen and oxygen atoms in total. The lowest BCUT2D eigenvalue weighted by atomic mass is 10.2. The van der Waals surface area contributed by atoms with E-state index in [1.165, 1.54) is 0 Å². The van der Waals surface area contributed by atoms with Crippen molar-refractivity contribution in [2.75, 3.05) is 24.3 Å². The Morgan fingerprint density at radius 1 is 1.10 bits per heavy atom. The van der Waals surface area contributed by atoms with Gasteiger partial charge in [0, 0.05) is 12.3 Å². The molecule has 106 valence electrons. The van der Waals surface area contributed by atoms with Crippen molar-refractivity contribution in [1.29, 1.82) is 0 Å². The van der Waals surface area contributed by atoms with Crippen LogP contribution >= 0.6 is 0 Å². The van der Waals surface area contributed by atoms with Crippen molar-refractivity contribution in [3.05, 3.63) is 36.5 Å². The molecule has 0 aliphatic heterocycles. The Morgan fingerprint density at radius 3 is 2.60 bits per heavy atom. The summed E-state index contributed by atoms with van der Waals surface area (Å²) in [6, 6.07) is 9.34. The largest absolute Gasteiger partial charge is 0.494 e. The van der Waals surface area contributed by atoms with E-state index in [4.69, 9.17) is 15.2 Å². The van der Waals surface area contributed by atoms with E-state index in [1.807, 2.05) is 44.2 Å². The molecule has 0 bridgehead atoms. The van der Waals surface area contributed by atoms with Crippen LogP contribution in [0.4, 0.5) is 17.2 Å². The zero-order valence-electron chi connectivity index (χ0n) is 11.7. The summed E-state index contributed by atoms with van der Waals surface area (Å²) in [5.74, 6) is 1.97. The zero-order chi connectivity index (χ0) is 14.4. The molecule has 1 heterocycles. The molecule has 0 radical (unpaired) electrons. The molecule has 1 aromatic carbocycles. The molecule has 1 aromatic heterocycles. The molecule has 0 aliphatic carbocycles. The maximum Gasteiger partial charge on any atom is 0.147 e. The van der Waals surface area contributed by atoms with Crippen LogP contribution in [0.1, 0.15) is 13.8 Å². The maximum absolute atomic E-state index is 5.84. The van der Waals surface area contributed by atoms with Gasteiger partial charge in [-0.15, -0.1) is 0 Å². The van der Waals surface area contributed by atoms with Crippen molar-refractivity contribution >= 4 is 17.2 Å². The van der Waals surface area contributed by atoms with Crippen LogP contribution in [0.25, 0.3) is 0 Å². The lowest BCUT2D eigenvalue weighted by Crippen LogP contribution is -2.02. The minimum atomic E-state index is 0.441. The van der Waals surface area contributed by atoms with Gasteiger partial charge in [-0.2, -0.15) is 0 Å². The molecular weight excluding hydrogens is 254 g/mol. The number of rotatable bonds is 6. The van der Waals surface area contributed by atoms with Crippen LogP contribution in [0.15, 0.2) is 36.5 Å². The number of ether oxygens (including phenoxy) is 2. The van der Waals surface area contributed by atoms with Gasteiger partial charge in [-0.05, 0) is 38.1 Å². The van der Waals surface area contributed by atoms with E-state index >= 15 is 0 Å². The predicted octanol–water partition coefficient (Wildman–Crippen LogP) is 3.20. The first-order valence-electron chi connectivity index (χ1n) is 6.61. The van der Waals surface area contributed by atoms with Crippen LogP contribution < -0.4 is 20.5 Å². The second kappa shape index (κ2) is 6.65. The van der Waals surface area contributed by atoms with E-state index in [-0.39, 0.29) is 0 Å². The van der Waals surface area contributed by atoms with Crippen LogP contribution in [0.3, 0.4) is 0 Å². The highest BCUT2D eigenvalue weighted by molar-refractivity contribution is 5.73. The summed E-state index contributed by atoms with van der Waals surface area (Å²) in [6.45, 7) is 5.09. The quantitative estimate of drug-likeness (QED) is 0.845. The molecule has 0 aliphatic rings. The highest BCUT2D eigenvalue weighted by Gasteiger charge is 2.08. The average Bonchev–Trinajstić information content (AvgIpc) is 2.45. The topological polar surface area (TPSA) is 69.4 Å². The smallest absolute Gasteiger partial charge is 0.147 e. The lowest BCUT2D eigenvalue weighted by Gasteiger charge is -2.15. The van der Waals surface area contributed by atoms with Gasteiger partial charge in [-0.25, -0.2) is 4.98 Å². The van der Waals surface area contributed by atoms with Gasteiger partial charge in [-0.1, -0.05) is 0 Å². The number of nitrogen functional groups attached to an aromatic ring is 1. The summed E-state index contributed by atoms with van der Waals surface area (Å²) in [4.78, 5) is 4.05. The summed E-state index contributed by atoms with van der Waals surface area (Å²) in [5, 5.41) is 3.23. The third kappa shape index (κ3) is 3.32. The first kappa shape index (κ1) is 14.0. The minimum Gasteiger partial charge on any atom is -0.494 e. The number of aromatic nitrogens is 1. The van der Waals surface area contributed by atoms with Gasteiger partial charge in [0.05, 0.1) is 24.6 Å². The molecule has 0 saturated heterocycles. The predicted molar refractivity (Wildman–Crippen MR) is 80.7 cm³/mol. The lowest BCUT2D eigenvalue weighted by molar-refractivity contribution is 0.332. The van der Waals surface area contributed by atoms with Crippen LogP contribution in [-0.4, -0.2) is 18.2 Å². The molecule has 2 rings (SSSR count). The van der Waals surface area contributed by atoms with Crippen LogP contribution in [-0.2, 0) is 0 Å². The highest BCUT2D eigenvalue weighted by Crippen LogP contribution is 2.33. The third-order valence-electron chi connectivity index (χ3n) is 2.67. The Labute approximate surface area is 118 Å². The van der Waals surface area contributed by atoms with Gasteiger partial charge in [0.1, 0.15) is 17.3 Å². The normalized spacial score (nSPS) is 10.1. The van der Waals surface area contributed by atoms with Crippen molar-refractivity contribution < 1.29 is 9.47 Å². The van der Waals surface area contributed by atoms with Crippen molar-refractivity contribution in [2.45, 2.75) is 13.8 Å². The molecule has 0 saturated carbocycles. The van der Waals surface area contributed by atoms with E-state index in [2.05, 4.69) is 10.3 Å². The number of nitrogens with two attached hydrogens (primary N) is 1. The summed E-state index contributed by atoms with van der Waals surface area (Å²) in [7, 11) is 0. The molecule has 0 unspecified atom stereocenters. The molecule has 0 fully saturated rings. The molecule has 5 heteroatoms. The first-order valence-corrected chi connectivity index (χ1v) is 6.61. The summed E-state index contributed by atoms with van der Waals surface area (Å²) >= 11 is 0. The fourth-order valence-electron chi connectivity index (χ4n) is 1.81. The Balaban J connectivity index is 2.32. The van der Waals surface area contributed by atoms with Crippen LogP contribution in [0, 0.1) is 0 Å². The number of benzene rings is 1. The fourth-order valence-corrected chi connectivity index (χ4v) is 1.81. The molecule has 0 spiro atoms.